The molecule has 1 unspecified atom stereocenters. The lowest BCUT2D eigenvalue weighted by Crippen LogP contribution is -2.44. The number of alkyl carbamates (subject to hydrolysis) is 1. The largest absolute Gasteiger partial charge is 0.506 e. The van der Waals surface area contributed by atoms with Crippen molar-refractivity contribution in [2.45, 2.75) is 38.8 Å². The Balaban J connectivity index is 3.13. The first kappa shape index (κ1) is 21.2. The highest BCUT2D eigenvalue weighted by Crippen LogP contribution is 2.41. The van der Waals surface area contributed by atoms with Crippen LogP contribution < -0.4 is 5.32 Å². The number of phenols is 1. The van der Waals surface area contributed by atoms with Crippen molar-refractivity contribution in [3.63, 3.8) is 0 Å². The normalized spacial score (nSPS) is 12.4. The number of amides is 1. The average molecular weight is 484 g/mol. The summed E-state index contributed by atoms with van der Waals surface area (Å²) in [7, 11) is 0. The lowest BCUT2D eigenvalue weighted by Gasteiger charge is -2.22. The van der Waals surface area contributed by atoms with E-state index in [1.165, 1.54) is 0 Å². The number of nitrogens with one attached hydrogen (secondary N) is 1. The number of ether oxygens (including phenoxy) is 1. The summed E-state index contributed by atoms with van der Waals surface area (Å²) in [4.78, 5) is 33.5. The number of hydrogen-bond donors (Lipinski definition) is 3. The van der Waals surface area contributed by atoms with Crippen LogP contribution in [0.5, 0.6) is 5.75 Å². The fourth-order valence-corrected chi connectivity index (χ4v) is 2.72. The molecule has 3 N–H and O–H groups in total. The topological polar surface area (TPSA) is 139 Å². The number of rotatable bonds is 5. The standard InChI is InChI=1S/C14H16Br2N2O7/c1-14(2,3)25-13(22)17-7(12(20)21)4-6-5-8(18(23)24)9(15)10(16)11(6)19/h5,7,19H,4H2,1-3H3,(H,17,22)(H,20,21). The van der Waals surface area contributed by atoms with Crippen LogP contribution >= 0.6 is 31.9 Å². The Hall–Kier alpha value is -1.88. The predicted molar refractivity (Wildman–Crippen MR) is 94.7 cm³/mol. The third kappa shape index (κ3) is 5.85. The molecule has 0 bridgehead atoms. The first-order valence-corrected chi connectivity index (χ1v) is 8.48. The van der Waals surface area contributed by atoms with Gasteiger partial charge in [-0.25, -0.2) is 9.59 Å². The number of nitro benzene ring substituents is 1. The van der Waals surface area contributed by atoms with E-state index in [2.05, 4.69) is 37.2 Å². The minimum absolute atomic E-state index is 0.0121. The van der Waals surface area contributed by atoms with Gasteiger partial charge in [0.25, 0.3) is 5.69 Å². The SMILES string of the molecule is CC(C)(C)OC(=O)NC(Cc1cc([N+](=O)[O-])c(Br)c(Br)c1O)C(=O)O. The smallest absolute Gasteiger partial charge is 0.408 e. The number of halogens is 2. The number of nitrogens with zero attached hydrogens (tertiary/aromatic N) is 1. The van der Waals surface area contributed by atoms with Crippen molar-refractivity contribution in [2.75, 3.05) is 0 Å². The molecule has 0 aromatic heterocycles. The molecule has 0 saturated heterocycles. The molecule has 0 radical (unpaired) electrons. The number of carboxylic acid groups (broad SMARTS) is 1. The van der Waals surface area contributed by atoms with Gasteiger partial charge in [-0.1, -0.05) is 0 Å². The molecule has 11 heteroatoms. The Labute approximate surface area is 159 Å². The molecule has 0 saturated carbocycles. The Morgan fingerprint density at radius 3 is 2.36 bits per heavy atom. The molecular weight excluding hydrogens is 468 g/mol. The minimum Gasteiger partial charge on any atom is -0.506 e. The molecule has 0 heterocycles. The molecule has 1 aromatic carbocycles. The van der Waals surface area contributed by atoms with Gasteiger partial charge in [0.15, 0.2) is 0 Å². The van der Waals surface area contributed by atoms with Crippen LogP contribution in [0.15, 0.2) is 15.0 Å². The van der Waals surface area contributed by atoms with Gasteiger partial charge in [0, 0.05) is 18.1 Å². The van der Waals surface area contributed by atoms with Crippen molar-refractivity contribution in [1.82, 2.24) is 5.32 Å². The van der Waals surface area contributed by atoms with Crippen molar-refractivity contribution in [3.8, 4) is 5.75 Å². The van der Waals surface area contributed by atoms with Crippen molar-refractivity contribution < 1.29 is 29.5 Å². The zero-order chi connectivity index (χ0) is 19.5. The zero-order valence-corrected chi connectivity index (χ0v) is 16.7. The van der Waals surface area contributed by atoms with Crippen LogP contribution in [0.25, 0.3) is 0 Å². The predicted octanol–water partition coefficient (Wildman–Crippen LogP) is 3.35. The third-order valence-electron chi connectivity index (χ3n) is 2.85. The van der Waals surface area contributed by atoms with E-state index in [9.17, 15) is 29.9 Å². The highest BCUT2D eigenvalue weighted by Gasteiger charge is 2.28. The number of hydrogen-bond acceptors (Lipinski definition) is 6. The quantitative estimate of drug-likeness (QED) is 0.431. The molecule has 9 nitrogen and oxygen atoms in total. The number of carbonyl (C=O) groups excluding carboxylic acids is 1. The number of benzene rings is 1. The van der Waals surface area contributed by atoms with Crippen molar-refractivity contribution >= 4 is 49.6 Å². The summed E-state index contributed by atoms with van der Waals surface area (Å²) in [5.74, 6) is -1.75. The van der Waals surface area contributed by atoms with Gasteiger partial charge in [-0.3, -0.25) is 10.1 Å². The summed E-state index contributed by atoms with van der Waals surface area (Å²) in [5.41, 5.74) is -1.21. The summed E-state index contributed by atoms with van der Waals surface area (Å²) in [6.07, 6.45) is -1.34. The van der Waals surface area contributed by atoms with E-state index in [4.69, 9.17) is 4.74 Å². The summed E-state index contributed by atoms with van der Waals surface area (Å²) in [5, 5.41) is 32.6. The van der Waals surface area contributed by atoms with E-state index >= 15 is 0 Å². The van der Waals surface area contributed by atoms with Gasteiger partial charge in [-0.15, -0.1) is 0 Å². The summed E-state index contributed by atoms with van der Waals surface area (Å²) < 4.78 is 5.02. The lowest BCUT2D eigenvalue weighted by atomic mass is 10.0. The summed E-state index contributed by atoms with van der Waals surface area (Å²) >= 11 is 5.99. The lowest BCUT2D eigenvalue weighted by molar-refractivity contribution is -0.385. The molecule has 1 rings (SSSR count). The molecule has 1 atom stereocenters. The fourth-order valence-electron chi connectivity index (χ4n) is 1.81. The highest BCUT2D eigenvalue weighted by molar-refractivity contribution is 9.13. The Morgan fingerprint density at radius 1 is 1.36 bits per heavy atom. The molecule has 25 heavy (non-hydrogen) atoms. The number of aliphatic carboxylic acids is 1. The van der Waals surface area contributed by atoms with Crippen LogP contribution in [-0.2, 0) is 16.0 Å². The number of phenolic OH excluding ortho intramolecular Hbond substituents is 1. The second-order valence-electron chi connectivity index (χ2n) is 6.03. The first-order chi connectivity index (χ1) is 11.3. The zero-order valence-electron chi connectivity index (χ0n) is 13.5. The molecule has 0 aliphatic rings. The maximum Gasteiger partial charge on any atom is 0.408 e. The van der Waals surface area contributed by atoms with Gasteiger partial charge in [-0.2, -0.15) is 0 Å². The van der Waals surface area contributed by atoms with Gasteiger partial charge in [0.1, 0.15) is 21.9 Å². The molecule has 0 aliphatic heterocycles. The van der Waals surface area contributed by atoms with E-state index < -0.39 is 28.6 Å². The molecule has 0 aliphatic carbocycles. The van der Waals surface area contributed by atoms with E-state index in [0.29, 0.717) is 0 Å². The molecule has 1 aromatic rings. The molecule has 0 spiro atoms. The Morgan fingerprint density at radius 2 is 1.92 bits per heavy atom. The van der Waals surface area contributed by atoms with Gasteiger partial charge in [-0.05, 0) is 52.6 Å². The molecule has 138 valence electrons. The third-order valence-corrected chi connectivity index (χ3v) is 4.96. The number of aromatic hydroxyl groups is 1. The van der Waals surface area contributed by atoms with Crippen LogP contribution in [0, 0.1) is 10.1 Å². The molecule has 0 fully saturated rings. The highest BCUT2D eigenvalue weighted by atomic mass is 79.9. The monoisotopic (exact) mass is 482 g/mol. The summed E-state index contributed by atoms with van der Waals surface area (Å²) in [6.45, 7) is 4.84. The van der Waals surface area contributed by atoms with Crippen molar-refractivity contribution in [1.29, 1.82) is 0 Å². The number of carbonyl (C=O) groups is 2. The van der Waals surface area contributed by atoms with E-state index in [0.717, 1.165) is 6.07 Å². The molecular formula is C14H16Br2N2O7. The number of carboxylic acids is 1. The first-order valence-electron chi connectivity index (χ1n) is 6.90. The summed E-state index contributed by atoms with van der Waals surface area (Å²) in [6, 6.07) is -0.412. The van der Waals surface area contributed by atoms with Gasteiger partial charge in [0.05, 0.1) is 9.40 Å². The van der Waals surface area contributed by atoms with Gasteiger partial charge < -0.3 is 20.3 Å². The van der Waals surface area contributed by atoms with Crippen LogP contribution in [-0.4, -0.2) is 38.8 Å². The van der Waals surface area contributed by atoms with E-state index in [1.807, 2.05) is 0 Å². The van der Waals surface area contributed by atoms with Gasteiger partial charge >= 0.3 is 12.1 Å². The van der Waals surface area contributed by atoms with E-state index in [-0.39, 0.29) is 32.4 Å². The molecule has 1 amide bonds. The number of nitro groups is 1. The van der Waals surface area contributed by atoms with E-state index in [1.54, 1.807) is 20.8 Å². The second-order valence-corrected chi connectivity index (χ2v) is 7.62. The van der Waals surface area contributed by atoms with Crippen LogP contribution in [0.3, 0.4) is 0 Å². The van der Waals surface area contributed by atoms with Crippen LogP contribution in [0.2, 0.25) is 0 Å². The van der Waals surface area contributed by atoms with Crippen molar-refractivity contribution in [2.24, 2.45) is 0 Å². The maximum absolute atomic E-state index is 11.8. The average Bonchev–Trinajstić information content (AvgIpc) is 2.44. The maximum atomic E-state index is 11.8. The Kier molecular flexibility index (Phi) is 6.77. The Bertz CT molecular complexity index is 716. The van der Waals surface area contributed by atoms with Gasteiger partial charge in [0.2, 0.25) is 0 Å². The second kappa shape index (κ2) is 8.00. The van der Waals surface area contributed by atoms with Crippen LogP contribution in [0.4, 0.5) is 10.5 Å². The van der Waals surface area contributed by atoms with Crippen LogP contribution in [0.1, 0.15) is 26.3 Å². The minimum atomic E-state index is -1.45. The fraction of sp³-hybridized carbons (Fsp3) is 0.429. The van der Waals surface area contributed by atoms with Crippen molar-refractivity contribution in [3.05, 3.63) is 30.7 Å².